The summed E-state index contributed by atoms with van der Waals surface area (Å²) in [5, 5.41) is 0. The van der Waals surface area contributed by atoms with E-state index in [0.717, 1.165) is 12.3 Å². The number of hydrogen-bond acceptors (Lipinski definition) is 3. The molecule has 0 aromatic heterocycles. The van der Waals surface area contributed by atoms with Crippen LogP contribution in [0, 0.1) is 6.58 Å². The Morgan fingerprint density at radius 1 is 1.70 bits per heavy atom. The van der Waals surface area contributed by atoms with Gasteiger partial charge in [-0.25, -0.2) is 8.42 Å². The van der Waals surface area contributed by atoms with Gasteiger partial charge in [0.25, 0.3) is 0 Å². The van der Waals surface area contributed by atoms with Crippen molar-refractivity contribution in [3.63, 3.8) is 0 Å². The molecule has 0 saturated heterocycles. The summed E-state index contributed by atoms with van der Waals surface area (Å²) in [7, 11) is -3.27. The SMILES string of the molecule is [CH]=CC(N)(CC)S(C)(=O)=O. The Morgan fingerprint density at radius 2 is 2.10 bits per heavy atom. The monoisotopic (exact) mass is 162 g/mol. The van der Waals surface area contributed by atoms with Crippen molar-refractivity contribution >= 4 is 9.84 Å². The van der Waals surface area contributed by atoms with Gasteiger partial charge in [-0.05, 0) is 12.5 Å². The van der Waals surface area contributed by atoms with Crippen molar-refractivity contribution in [1.82, 2.24) is 0 Å². The Hall–Kier alpha value is -0.350. The van der Waals surface area contributed by atoms with Crippen LogP contribution in [-0.2, 0) is 9.84 Å². The van der Waals surface area contributed by atoms with Gasteiger partial charge < -0.3 is 5.73 Å². The molecule has 1 unspecified atom stereocenters. The molecular formula is C6H12NO2S. The van der Waals surface area contributed by atoms with Crippen LogP contribution < -0.4 is 5.73 Å². The second-order valence-electron chi connectivity index (χ2n) is 2.25. The van der Waals surface area contributed by atoms with E-state index in [2.05, 4.69) is 0 Å². The minimum atomic E-state index is -3.27. The summed E-state index contributed by atoms with van der Waals surface area (Å²) in [6.07, 6.45) is 2.38. The third-order valence-electron chi connectivity index (χ3n) is 1.53. The molecule has 0 fully saturated rings. The highest BCUT2D eigenvalue weighted by Gasteiger charge is 2.30. The van der Waals surface area contributed by atoms with Gasteiger partial charge >= 0.3 is 0 Å². The first-order valence-electron chi connectivity index (χ1n) is 2.92. The molecule has 10 heavy (non-hydrogen) atoms. The molecule has 0 aliphatic carbocycles. The zero-order chi connectivity index (χ0) is 8.41. The fourth-order valence-corrected chi connectivity index (χ4v) is 1.28. The number of nitrogens with two attached hydrogens (primary N) is 1. The molecule has 2 N–H and O–H groups in total. The van der Waals surface area contributed by atoms with Gasteiger partial charge in [0.05, 0.1) is 0 Å². The zero-order valence-electron chi connectivity index (χ0n) is 6.16. The Balaban J connectivity index is 4.86. The van der Waals surface area contributed by atoms with Crippen molar-refractivity contribution in [2.24, 2.45) is 5.73 Å². The Bertz CT molecular complexity index is 220. The van der Waals surface area contributed by atoms with E-state index in [9.17, 15) is 8.42 Å². The molecule has 0 heterocycles. The maximum atomic E-state index is 10.9. The van der Waals surface area contributed by atoms with Crippen LogP contribution in [0.1, 0.15) is 13.3 Å². The van der Waals surface area contributed by atoms with Crippen molar-refractivity contribution < 1.29 is 8.42 Å². The molecule has 0 amide bonds. The highest BCUT2D eigenvalue weighted by molar-refractivity contribution is 7.92. The first-order valence-corrected chi connectivity index (χ1v) is 4.81. The number of hydrogen-bond donors (Lipinski definition) is 1. The molecule has 0 aromatic rings. The van der Waals surface area contributed by atoms with Crippen LogP contribution in [0.4, 0.5) is 0 Å². The minimum Gasteiger partial charge on any atom is -0.309 e. The molecule has 0 bridgehead atoms. The number of sulfone groups is 1. The Labute approximate surface area is 61.8 Å². The molecule has 0 aliphatic heterocycles. The van der Waals surface area contributed by atoms with Gasteiger partial charge in [-0.1, -0.05) is 13.5 Å². The van der Waals surface area contributed by atoms with E-state index in [1.54, 1.807) is 6.92 Å². The molecular weight excluding hydrogens is 150 g/mol. The second kappa shape index (κ2) is 2.72. The smallest absolute Gasteiger partial charge is 0.169 e. The largest absolute Gasteiger partial charge is 0.309 e. The first kappa shape index (κ1) is 9.65. The summed E-state index contributed by atoms with van der Waals surface area (Å²) in [6.45, 7) is 6.75. The molecule has 4 heteroatoms. The van der Waals surface area contributed by atoms with E-state index in [4.69, 9.17) is 12.3 Å². The molecule has 0 rings (SSSR count). The van der Waals surface area contributed by atoms with Gasteiger partial charge in [0.2, 0.25) is 0 Å². The molecule has 3 nitrogen and oxygen atoms in total. The second-order valence-corrected chi connectivity index (χ2v) is 4.55. The van der Waals surface area contributed by atoms with Crippen LogP contribution in [-0.4, -0.2) is 19.5 Å². The molecule has 1 radical (unpaired) electrons. The lowest BCUT2D eigenvalue weighted by Gasteiger charge is -2.20. The summed E-state index contributed by atoms with van der Waals surface area (Å²) in [5.41, 5.74) is 5.41. The topological polar surface area (TPSA) is 60.2 Å². The average molecular weight is 162 g/mol. The normalized spacial score (nSPS) is 17.9. The van der Waals surface area contributed by atoms with Gasteiger partial charge in [-0.3, -0.25) is 0 Å². The van der Waals surface area contributed by atoms with E-state index < -0.39 is 14.7 Å². The van der Waals surface area contributed by atoms with Gasteiger partial charge in [0.15, 0.2) is 9.84 Å². The predicted molar refractivity (Wildman–Crippen MR) is 40.9 cm³/mol. The molecule has 0 aliphatic rings. The van der Waals surface area contributed by atoms with Gasteiger partial charge in [0.1, 0.15) is 4.87 Å². The van der Waals surface area contributed by atoms with Crippen molar-refractivity contribution in [2.45, 2.75) is 18.2 Å². The summed E-state index contributed by atoms with van der Waals surface area (Å²) >= 11 is 0. The summed E-state index contributed by atoms with van der Waals surface area (Å²) in [5.74, 6) is 0. The van der Waals surface area contributed by atoms with Gasteiger partial charge in [0, 0.05) is 6.26 Å². The van der Waals surface area contributed by atoms with E-state index in [0.29, 0.717) is 6.42 Å². The molecule has 59 valence electrons. The lowest BCUT2D eigenvalue weighted by atomic mass is 10.2. The Kier molecular flexibility index (Phi) is 2.62. The van der Waals surface area contributed by atoms with E-state index in [-0.39, 0.29) is 0 Å². The van der Waals surface area contributed by atoms with Crippen molar-refractivity contribution in [1.29, 1.82) is 0 Å². The molecule has 1 atom stereocenters. The highest BCUT2D eigenvalue weighted by atomic mass is 32.2. The third-order valence-corrected chi connectivity index (χ3v) is 3.33. The molecule has 0 spiro atoms. The lowest BCUT2D eigenvalue weighted by molar-refractivity contribution is 0.555. The van der Waals surface area contributed by atoms with Crippen LogP contribution in [0.5, 0.6) is 0 Å². The number of rotatable bonds is 3. The third kappa shape index (κ3) is 1.58. The first-order chi connectivity index (χ1) is 4.37. The molecule has 0 aromatic carbocycles. The van der Waals surface area contributed by atoms with Crippen LogP contribution >= 0.6 is 0 Å². The summed E-state index contributed by atoms with van der Waals surface area (Å²) in [4.78, 5) is -1.35. The van der Waals surface area contributed by atoms with Crippen LogP contribution in [0.25, 0.3) is 0 Å². The van der Waals surface area contributed by atoms with E-state index in [1.807, 2.05) is 0 Å². The average Bonchev–Trinajstić information content (AvgIpc) is 1.84. The quantitative estimate of drug-likeness (QED) is 0.639. The van der Waals surface area contributed by atoms with Crippen molar-refractivity contribution in [3.8, 4) is 0 Å². The van der Waals surface area contributed by atoms with E-state index >= 15 is 0 Å². The van der Waals surface area contributed by atoms with E-state index in [1.165, 1.54) is 0 Å². The van der Waals surface area contributed by atoms with Crippen LogP contribution in [0.15, 0.2) is 6.08 Å². The zero-order valence-corrected chi connectivity index (χ0v) is 6.98. The maximum Gasteiger partial charge on any atom is 0.169 e. The minimum absolute atomic E-state index is 0.294. The van der Waals surface area contributed by atoms with Crippen molar-refractivity contribution in [3.05, 3.63) is 12.7 Å². The lowest BCUT2D eigenvalue weighted by Crippen LogP contribution is -2.44. The van der Waals surface area contributed by atoms with Crippen LogP contribution in [0.3, 0.4) is 0 Å². The fraction of sp³-hybridized carbons (Fsp3) is 0.667. The van der Waals surface area contributed by atoms with Gasteiger partial charge in [-0.15, -0.1) is 0 Å². The summed E-state index contributed by atoms with van der Waals surface area (Å²) in [6, 6.07) is 0. The standard InChI is InChI=1S/C6H12NO2S/c1-4-6(7,5-2)10(3,8)9/h1,4H,5,7H2,2-3H3. The fourth-order valence-electron chi connectivity index (χ4n) is 0.504. The highest BCUT2D eigenvalue weighted by Crippen LogP contribution is 2.14. The van der Waals surface area contributed by atoms with Gasteiger partial charge in [-0.2, -0.15) is 0 Å². The Morgan fingerprint density at radius 3 is 2.10 bits per heavy atom. The molecule has 0 saturated carbocycles. The maximum absolute atomic E-state index is 10.9. The predicted octanol–water partition coefficient (Wildman–Crippen LogP) is 0.0852. The van der Waals surface area contributed by atoms with Crippen molar-refractivity contribution in [2.75, 3.05) is 6.26 Å². The summed E-state index contributed by atoms with van der Waals surface area (Å²) < 4.78 is 21.8. The van der Waals surface area contributed by atoms with Crippen LogP contribution in [0.2, 0.25) is 0 Å².